The molecule has 6 nitrogen and oxygen atoms in total. The molecular formula is C27H26BrN5O. The van der Waals surface area contributed by atoms with E-state index in [0.717, 1.165) is 40.3 Å². The lowest BCUT2D eigenvalue weighted by Gasteiger charge is -2.53. The Labute approximate surface area is 208 Å². The SMILES string of the molecule is CC1=NN(c2ccc(C)cc2)C(=O)[C@]12Cc1cc(Br)ccc1N1CCN(c3ccccn3)C[C@H]12. The molecule has 34 heavy (non-hydrogen) atoms. The number of rotatable bonds is 2. The zero-order valence-corrected chi connectivity index (χ0v) is 20.9. The summed E-state index contributed by atoms with van der Waals surface area (Å²) in [5, 5.41) is 6.48. The van der Waals surface area contributed by atoms with Crippen LogP contribution in [0.3, 0.4) is 0 Å². The van der Waals surface area contributed by atoms with E-state index >= 15 is 0 Å². The van der Waals surface area contributed by atoms with Crippen LogP contribution in [0.25, 0.3) is 0 Å². The van der Waals surface area contributed by atoms with Gasteiger partial charge >= 0.3 is 0 Å². The van der Waals surface area contributed by atoms with Gasteiger partial charge in [-0.15, -0.1) is 0 Å². The topological polar surface area (TPSA) is 52.0 Å². The van der Waals surface area contributed by atoms with Crippen LogP contribution < -0.4 is 14.8 Å². The number of fused-ring (bicyclic) bond motifs is 4. The monoisotopic (exact) mass is 515 g/mol. The Morgan fingerprint density at radius 2 is 1.85 bits per heavy atom. The Hall–Kier alpha value is -3.19. The predicted octanol–water partition coefficient (Wildman–Crippen LogP) is 4.81. The van der Waals surface area contributed by atoms with Gasteiger partial charge in [-0.2, -0.15) is 10.1 Å². The Morgan fingerprint density at radius 1 is 1.03 bits per heavy atom. The second kappa shape index (κ2) is 7.94. The van der Waals surface area contributed by atoms with Gasteiger partial charge in [0.2, 0.25) is 0 Å². The summed E-state index contributed by atoms with van der Waals surface area (Å²) in [4.78, 5) is 23.6. The fraction of sp³-hybridized carbons (Fsp3) is 0.296. The van der Waals surface area contributed by atoms with Crippen LogP contribution in [0.1, 0.15) is 18.1 Å². The molecule has 2 aromatic carbocycles. The number of hydrogen-bond acceptors (Lipinski definition) is 5. The molecule has 0 bridgehead atoms. The molecule has 172 valence electrons. The summed E-state index contributed by atoms with van der Waals surface area (Å²) in [5.74, 6) is 1.01. The van der Waals surface area contributed by atoms with E-state index in [0.29, 0.717) is 13.0 Å². The molecular weight excluding hydrogens is 490 g/mol. The van der Waals surface area contributed by atoms with Crippen molar-refractivity contribution in [3.05, 3.63) is 82.5 Å². The molecule has 3 aromatic rings. The highest BCUT2D eigenvalue weighted by atomic mass is 79.9. The third-order valence-corrected chi connectivity index (χ3v) is 7.98. The maximum atomic E-state index is 14.3. The molecule has 0 unspecified atom stereocenters. The first kappa shape index (κ1) is 21.4. The normalized spacial score (nSPS) is 23.7. The van der Waals surface area contributed by atoms with Crippen molar-refractivity contribution in [2.24, 2.45) is 10.5 Å². The second-order valence-corrected chi connectivity index (χ2v) is 10.3. The van der Waals surface area contributed by atoms with E-state index in [2.05, 4.69) is 48.9 Å². The van der Waals surface area contributed by atoms with Crippen LogP contribution in [0.2, 0.25) is 0 Å². The van der Waals surface area contributed by atoms with Gasteiger partial charge in [0.25, 0.3) is 5.91 Å². The highest BCUT2D eigenvalue weighted by molar-refractivity contribution is 9.10. The molecule has 0 aliphatic carbocycles. The first-order valence-corrected chi connectivity index (χ1v) is 12.4. The number of anilines is 3. The van der Waals surface area contributed by atoms with Crippen LogP contribution in [0.15, 0.2) is 76.4 Å². The molecule has 1 spiro atoms. The summed E-state index contributed by atoms with van der Waals surface area (Å²) in [6.07, 6.45) is 2.47. The van der Waals surface area contributed by atoms with Crippen molar-refractivity contribution in [2.45, 2.75) is 26.3 Å². The molecule has 1 saturated heterocycles. The molecule has 6 rings (SSSR count). The van der Waals surface area contributed by atoms with Crippen LogP contribution in [-0.2, 0) is 11.2 Å². The lowest BCUT2D eigenvalue weighted by molar-refractivity contribution is -0.125. The van der Waals surface area contributed by atoms with Gasteiger partial charge in [-0.1, -0.05) is 39.7 Å². The summed E-state index contributed by atoms with van der Waals surface area (Å²) in [7, 11) is 0. The molecule has 0 saturated carbocycles. The van der Waals surface area contributed by atoms with E-state index in [1.807, 2.05) is 62.5 Å². The number of halogens is 1. The van der Waals surface area contributed by atoms with E-state index < -0.39 is 5.41 Å². The first-order valence-electron chi connectivity index (χ1n) is 11.7. The van der Waals surface area contributed by atoms with Gasteiger partial charge in [0.05, 0.1) is 17.4 Å². The van der Waals surface area contributed by atoms with Gasteiger partial charge in [0.15, 0.2) is 0 Å². The zero-order chi connectivity index (χ0) is 23.4. The van der Waals surface area contributed by atoms with Gasteiger partial charge in [-0.3, -0.25) is 4.79 Å². The highest BCUT2D eigenvalue weighted by Crippen LogP contribution is 2.48. The first-order chi connectivity index (χ1) is 16.5. The summed E-state index contributed by atoms with van der Waals surface area (Å²) in [5.41, 5.74) is 4.52. The van der Waals surface area contributed by atoms with Gasteiger partial charge in [-0.25, -0.2) is 4.98 Å². The van der Waals surface area contributed by atoms with E-state index in [9.17, 15) is 4.79 Å². The van der Waals surface area contributed by atoms with E-state index in [1.165, 1.54) is 11.3 Å². The lowest BCUT2D eigenvalue weighted by Crippen LogP contribution is -2.67. The summed E-state index contributed by atoms with van der Waals surface area (Å²) in [6.45, 7) is 6.46. The number of piperazine rings is 1. The van der Waals surface area contributed by atoms with Crippen LogP contribution in [0.5, 0.6) is 0 Å². The van der Waals surface area contributed by atoms with E-state index in [4.69, 9.17) is 5.10 Å². The molecule has 3 aliphatic heterocycles. The number of carbonyl (C=O) groups is 1. The molecule has 0 N–H and O–H groups in total. The smallest absolute Gasteiger partial charge is 0.261 e. The van der Waals surface area contributed by atoms with E-state index in [1.54, 1.807) is 5.01 Å². The average Bonchev–Trinajstić information content (AvgIpc) is 3.10. The second-order valence-electron chi connectivity index (χ2n) is 9.40. The van der Waals surface area contributed by atoms with Crippen molar-refractivity contribution in [1.29, 1.82) is 0 Å². The van der Waals surface area contributed by atoms with Crippen LogP contribution >= 0.6 is 15.9 Å². The quantitative estimate of drug-likeness (QED) is 0.491. The number of pyridine rings is 1. The van der Waals surface area contributed by atoms with Gasteiger partial charge in [-0.05, 0) is 68.3 Å². The Kier molecular flexibility index (Phi) is 4.99. The van der Waals surface area contributed by atoms with Gasteiger partial charge < -0.3 is 9.80 Å². The lowest BCUT2D eigenvalue weighted by atomic mass is 9.67. The van der Waals surface area contributed by atoms with Crippen LogP contribution in [0, 0.1) is 12.3 Å². The molecule has 2 atom stereocenters. The largest absolute Gasteiger partial charge is 0.363 e. The van der Waals surface area contributed by atoms with Crippen LogP contribution in [-0.4, -0.2) is 42.3 Å². The van der Waals surface area contributed by atoms with E-state index in [-0.39, 0.29) is 11.9 Å². The van der Waals surface area contributed by atoms with Crippen molar-refractivity contribution >= 4 is 44.7 Å². The molecule has 3 aliphatic rings. The molecule has 7 heteroatoms. The van der Waals surface area contributed by atoms with Crippen molar-refractivity contribution in [2.75, 3.05) is 34.4 Å². The highest BCUT2D eigenvalue weighted by Gasteiger charge is 2.60. The number of hydrogen-bond donors (Lipinski definition) is 0. The Bertz CT molecular complexity index is 1290. The minimum atomic E-state index is -0.730. The molecule has 1 amide bonds. The number of aryl methyl sites for hydroxylation is 1. The standard InChI is InChI=1S/C27H26BrN5O/c1-18-6-9-22(10-7-18)33-26(34)27(19(2)30-33)16-20-15-21(28)8-11-23(20)32-14-13-31(17-24(27)32)25-5-3-4-12-29-25/h3-12,15,24H,13-14,16-17H2,1-2H3/t24-,27+/m0/s1. The Balaban J connectivity index is 1.46. The van der Waals surface area contributed by atoms with Crippen LogP contribution in [0.4, 0.5) is 17.2 Å². The minimum absolute atomic E-state index is 0.0383. The molecule has 0 radical (unpaired) electrons. The van der Waals surface area contributed by atoms with Gasteiger partial charge in [0, 0.05) is 36.0 Å². The molecule has 1 fully saturated rings. The van der Waals surface area contributed by atoms with Crippen molar-refractivity contribution in [1.82, 2.24) is 4.98 Å². The number of benzene rings is 2. The van der Waals surface area contributed by atoms with Gasteiger partial charge in [0.1, 0.15) is 11.2 Å². The Morgan fingerprint density at radius 3 is 2.62 bits per heavy atom. The number of aromatic nitrogens is 1. The third kappa shape index (κ3) is 3.17. The van der Waals surface area contributed by atoms with Crippen molar-refractivity contribution in [3.8, 4) is 0 Å². The number of carbonyl (C=O) groups excluding carboxylic acids is 1. The molecule has 1 aromatic heterocycles. The molecule has 4 heterocycles. The maximum Gasteiger partial charge on any atom is 0.261 e. The van der Waals surface area contributed by atoms with Crippen molar-refractivity contribution in [3.63, 3.8) is 0 Å². The van der Waals surface area contributed by atoms with Crippen molar-refractivity contribution < 1.29 is 4.79 Å². The summed E-state index contributed by atoms with van der Waals surface area (Å²) >= 11 is 3.64. The summed E-state index contributed by atoms with van der Waals surface area (Å²) in [6, 6.07) is 20.4. The average molecular weight is 516 g/mol. The maximum absolute atomic E-state index is 14.3. The third-order valence-electron chi connectivity index (χ3n) is 7.49. The predicted molar refractivity (Wildman–Crippen MR) is 140 cm³/mol. The fourth-order valence-corrected chi connectivity index (χ4v) is 6.12. The summed E-state index contributed by atoms with van der Waals surface area (Å²) < 4.78 is 1.03. The fourth-order valence-electron chi connectivity index (χ4n) is 5.71. The number of hydrazone groups is 1. The number of amides is 1. The number of nitrogens with zero attached hydrogens (tertiary/aromatic N) is 5. The zero-order valence-electron chi connectivity index (χ0n) is 19.3. The minimum Gasteiger partial charge on any atom is -0.363 e.